The molecule has 0 spiro atoms. The second kappa shape index (κ2) is 10.4. The molecule has 0 bridgehead atoms. The number of ether oxygens (including phenoxy) is 2. The number of primary amides is 1. The SMILES string of the molecule is COc1cc(/C=N\NC(=O)c2ccn(Cc3cccc(Br)c3)n2)ccc1OCC(N)=O. The van der Waals surface area contributed by atoms with Crippen molar-refractivity contribution in [2.45, 2.75) is 6.54 Å². The molecule has 0 unspecified atom stereocenters. The lowest BCUT2D eigenvalue weighted by atomic mass is 10.2. The average molecular weight is 486 g/mol. The minimum atomic E-state index is -0.588. The highest BCUT2D eigenvalue weighted by atomic mass is 79.9. The first-order valence-electron chi connectivity index (χ1n) is 9.15. The normalized spacial score (nSPS) is 10.8. The molecule has 0 radical (unpaired) electrons. The van der Waals surface area contributed by atoms with Gasteiger partial charge in [-0.25, -0.2) is 5.43 Å². The van der Waals surface area contributed by atoms with Gasteiger partial charge in [0.25, 0.3) is 11.8 Å². The van der Waals surface area contributed by atoms with E-state index in [1.807, 2.05) is 24.3 Å². The smallest absolute Gasteiger partial charge is 0.291 e. The van der Waals surface area contributed by atoms with Gasteiger partial charge in [0.1, 0.15) is 0 Å². The van der Waals surface area contributed by atoms with Crippen LogP contribution in [0.15, 0.2) is 64.3 Å². The second-order valence-electron chi connectivity index (χ2n) is 6.39. The minimum Gasteiger partial charge on any atom is -0.493 e. The minimum absolute atomic E-state index is 0.250. The van der Waals surface area contributed by atoms with E-state index in [0.29, 0.717) is 23.6 Å². The maximum absolute atomic E-state index is 12.3. The molecule has 3 N–H and O–H groups in total. The summed E-state index contributed by atoms with van der Waals surface area (Å²) in [5.74, 6) is -0.242. The number of carbonyl (C=O) groups is 2. The molecule has 1 aromatic heterocycles. The molecule has 2 amide bonds. The summed E-state index contributed by atoms with van der Waals surface area (Å²) in [6.45, 7) is 0.286. The Labute approximate surface area is 187 Å². The van der Waals surface area contributed by atoms with E-state index >= 15 is 0 Å². The molecular weight excluding hydrogens is 466 g/mol. The van der Waals surface area contributed by atoms with Crippen LogP contribution in [0.3, 0.4) is 0 Å². The molecule has 9 nitrogen and oxygen atoms in total. The highest BCUT2D eigenvalue weighted by Gasteiger charge is 2.10. The molecule has 0 saturated carbocycles. The standard InChI is InChI=1S/C21H20BrN5O4/c1-30-19-10-14(5-6-18(19)31-13-20(23)28)11-24-25-21(29)17-7-8-27(26-17)12-15-3-2-4-16(22)9-15/h2-11H,12-13H2,1H3,(H2,23,28)(H,25,29)/b24-11-. The Morgan fingerprint density at radius 2 is 2.06 bits per heavy atom. The number of benzene rings is 2. The van der Waals surface area contributed by atoms with E-state index in [9.17, 15) is 9.59 Å². The van der Waals surface area contributed by atoms with Crippen LogP contribution < -0.4 is 20.6 Å². The Bertz CT molecular complexity index is 1110. The van der Waals surface area contributed by atoms with Crippen molar-refractivity contribution in [3.63, 3.8) is 0 Å². The topological polar surface area (TPSA) is 121 Å². The highest BCUT2D eigenvalue weighted by molar-refractivity contribution is 9.10. The van der Waals surface area contributed by atoms with Crippen molar-refractivity contribution in [1.29, 1.82) is 0 Å². The highest BCUT2D eigenvalue weighted by Crippen LogP contribution is 2.27. The van der Waals surface area contributed by atoms with Crippen LogP contribution in [0, 0.1) is 0 Å². The third kappa shape index (κ3) is 6.41. The van der Waals surface area contributed by atoms with Crippen molar-refractivity contribution in [2.24, 2.45) is 10.8 Å². The Kier molecular flexibility index (Phi) is 7.39. The quantitative estimate of drug-likeness (QED) is 0.355. The summed E-state index contributed by atoms with van der Waals surface area (Å²) < 4.78 is 13.2. The van der Waals surface area contributed by atoms with Gasteiger partial charge in [0.2, 0.25) is 0 Å². The number of nitrogens with two attached hydrogens (primary N) is 1. The van der Waals surface area contributed by atoms with Crippen molar-refractivity contribution in [3.8, 4) is 11.5 Å². The van der Waals surface area contributed by atoms with Crippen LogP contribution in [-0.2, 0) is 11.3 Å². The molecule has 160 valence electrons. The zero-order chi connectivity index (χ0) is 22.2. The van der Waals surface area contributed by atoms with E-state index in [1.165, 1.54) is 13.3 Å². The number of hydrogen-bond donors (Lipinski definition) is 2. The first kappa shape index (κ1) is 22.0. The second-order valence-corrected chi connectivity index (χ2v) is 7.31. The number of hydrazone groups is 1. The number of nitrogens with one attached hydrogen (secondary N) is 1. The molecule has 3 aromatic rings. The van der Waals surface area contributed by atoms with Gasteiger partial charge in [-0.3, -0.25) is 14.3 Å². The Hall–Kier alpha value is -3.66. The van der Waals surface area contributed by atoms with E-state index in [2.05, 4.69) is 31.6 Å². The van der Waals surface area contributed by atoms with E-state index < -0.39 is 11.8 Å². The number of methoxy groups -OCH3 is 1. The average Bonchev–Trinajstić information content (AvgIpc) is 3.21. The molecule has 0 saturated heterocycles. The predicted octanol–water partition coefficient (Wildman–Crippen LogP) is 2.33. The van der Waals surface area contributed by atoms with Gasteiger partial charge < -0.3 is 15.2 Å². The lowest BCUT2D eigenvalue weighted by Crippen LogP contribution is -2.20. The summed E-state index contributed by atoms with van der Waals surface area (Å²) in [5, 5.41) is 8.23. The van der Waals surface area contributed by atoms with Crippen molar-refractivity contribution < 1.29 is 19.1 Å². The summed E-state index contributed by atoms with van der Waals surface area (Å²) in [7, 11) is 1.47. The molecule has 0 atom stereocenters. The summed E-state index contributed by atoms with van der Waals surface area (Å²) in [6, 6.07) is 14.4. The third-order valence-corrected chi connectivity index (χ3v) is 4.54. The fourth-order valence-electron chi connectivity index (χ4n) is 2.65. The number of aromatic nitrogens is 2. The van der Waals surface area contributed by atoms with Crippen molar-refractivity contribution in [1.82, 2.24) is 15.2 Å². The van der Waals surface area contributed by atoms with Crippen molar-refractivity contribution >= 4 is 34.0 Å². The zero-order valence-electron chi connectivity index (χ0n) is 16.6. The largest absolute Gasteiger partial charge is 0.493 e. The van der Waals surface area contributed by atoms with Gasteiger partial charge in [-0.1, -0.05) is 28.1 Å². The Morgan fingerprint density at radius 3 is 2.81 bits per heavy atom. The van der Waals surface area contributed by atoms with E-state index in [-0.39, 0.29) is 12.3 Å². The molecule has 0 aliphatic carbocycles. The van der Waals surface area contributed by atoms with Gasteiger partial charge in [0.05, 0.1) is 19.9 Å². The molecule has 31 heavy (non-hydrogen) atoms. The predicted molar refractivity (Wildman–Crippen MR) is 118 cm³/mol. The van der Waals surface area contributed by atoms with Crippen LogP contribution in [0.5, 0.6) is 11.5 Å². The Balaban J connectivity index is 1.59. The van der Waals surface area contributed by atoms with Crippen LogP contribution >= 0.6 is 15.9 Å². The van der Waals surface area contributed by atoms with Crippen LogP contribution in [0.25, 0.3) is 0 Å². The molecule has 1 heterocycles. The first-order chi connectivity index (χ1) is 14.9. The van der Waals surface area contributed by atoms with Crippen LogP contribution in [-0.4, -0.2) is 41.5 Å². The van der Waals surface area contributed by atoms with Crippen LogP contribution in [0.1, 0.15) is 21.6 Å². The lowest BCUT2D eigenvalue weighted by Gasteiger charge is -2.09. The number of hydrogen-bond acceptors (Lipinski definition) is 6. The van der Waals surface area contributed by atoms with Gasteiger partial charge in [-0.05, 0) is 47.5 Å². The van der Waals surface area contributed by atoms with Crippen molar-refractivity contribution in [3.05, 3.63) is 76.0 Å². The summed E-state index contributed by atoms with van der Waals surface area (Å²) >= 11 is 3.43. The maximum atomic E-state index is 12.3. The van der Waals surface area contributed by atoms with Crippen LogP contribution in [0.4, 0.5) is 0 Å². The monoisotopic (exact) mass is 485 g/mol. The lowest BCUT2D eigenvalue weighted by molar-refractivity contribution is -0.119. The molecule has 10 heteroatoms. The first-order valence-corrected chi connectivity index (χ1v) is 9.94. The summed E-state index contributed by atoms with van der Waals surface area (Å²) in [4.78, 5) is 23.1. The number of amides is 2. The molecule has 3 rings (SSSR count). The number of carbonyl (C=O) groups excluding carboxylic acids is 2. The maximum Gasteiger partial charge on any atom is 0.291 e. The van der Waals surface area contributed by atoms with Gasteiger partial charge >= 0.3 is 0 Å². The van der Waals surface area contributed by atoms with Crippen molar-refractivity contribution in [2.75, 3.05) is 13.7 Å². The zero-order valence-corrected chi connectivity index (χ0v) is 18.2. The molecular formula is C21H20BrN5O4. The number of rotatable bonds is 9. The van der Waals surface area contributed by atoms with Gasteiger partial charge in [-0.15, -0.1) is 0 Å². The summed E-state index contributed by atoms with van der Waals surface area (Å²) in [6.07, 6.45) is 3.19. The Morgan fingerprint density at radius 1 is 1.23 bits per heavy atom. The van der Waals surface area contributed by atoms with E-state index in [1.54, 1.807) is 35.1 Å². The fourth-order valence-corrected chi connectivity index (χ4v) is 3.10. The molecule has 0 fully saturated rings. The fraction of sp³-hybridized carbons (Fsp3) is 0.143. The summed E-state index contributed by atoms with van der Waals surface area (Å²) in [5.41, 5.74) is 9.48. The number of halogens is 1. The molecule has 2 aromatic carbocycles. The number of nitrogens with zero attached hydrogens (tertiary/aromatic N) is 3. The van der Waals surface area contributed by atoms with E-state index in [4.69, 9.17) is 15.2 Å². The van der Waals surface area contributed by atoms with Crippen LogP contribution in [0.2, 0.25) is 0 Å². The van der Waals surface area contributed by atoms with E-state index in [0.717, 1.165) is 10.0 Å². The molecule has 0 aliphatic rings. The van der Waals surface area contributed by atoms with Gasteiger partial charge in [-0.2, -0.15) is 10.2 Å². The third-order valence-electron chi connectivity index (χ3n) is 4.04. The van der Waals surface area contributed by atoms with Gasteiger partial charge in [0, 0.05) is 10.7 Å². The van der Waals surface area contributed by atoms with Gasteiger partial charge in [0.15, 0.2) is 23.8 Å². The molecule has 0 aliphatic heterocycles.